The Labute approximate surface area is 138 Å². The lowest BCUT2D eigenvalue weighted by Crippen LogP contribution is -2.25. The Balaban J connectivity index is 1.53. The molecule has 0 atom stereocenters. The van der Waals surface area contributed by atoms with Crippen LogP contribution in [0.15, 0.2) is 46.3 Å². The predicted octanol–water partition coefficient (Wildman–Crippen LogP) is 3.33. The molecule has 5 nitrogen and oxygen atoms in total. The molecule has 6 heteroatoms. The molecule has 0 unspecified atom stereocenters. The second kappa shape index (κ2) is 7.19. The number of nitrogens with zero attached hydrogens (tertiary/aromatic N) is 2. The third-order valence-electron chi connectivity index (χ3n) is 3.34. The Kier molecular flexibility index (Phi) is 4.83. The van der Waals surface area contributed by atoms with Gasteiger partial charge in [-0.1, -0.05) is 13.0 Å². The third-order valence-corrected chi connectivity index (χ3v) is 4.25. The molecule has 23 heavy (non-hydrogen) atoms. The largest absolute Gasteiger partial charge is 0.456 e. The lowest BCUT2D eigenvalue weighted by Gasteiger charge is -2.01. The van der Waals surface area contributed by atoms with Crippen molar-refractivity contribution in [3.05, 3.63) is 58.4 Å². The highest BCUT2D eigenvalue weighted by Crippen LogP contribution is 2.19. The summed E-state index contributed by atoms with van der Waals surface area (Å²) in [5.74, 6) is 0.983. The van der Waals surface area contributed by atoms with Gasteiger partial charge in [0.1, 0.15) is 5.76 Å². The van der Waals surface area contributed by atoms with Crippen LogP contribution < -0.4 is 5.32 Å². The lowest BCUT2D eigenvalue weighted by atomic mass is 10.3. The third kappa shape index (κ3) is 3.84. The number of aryl methyl sites for hydroxylation is 1. The van der Waals surface area contributed by atoms with Crippen LogP contribution in [0.2, 0.25) is 0 Å². The first kappa shape index (κ1) is 15.4. The maximum atomic E-state index is 12.0. The highest BCUT2D eigenvalue weighted by atomic mass is 32.1. The molecule has 118 valence electrons. The number of rotatable bonds is 6. The minimum absolute atomic E-state index is 0.189. The smallest absolute Gasteiger partial charge is 0.287 e. The van der Waals surface area contributed by atoms with Crippen molar-refractivity contribution in [1.82, 2.24) is 15.3 Å². The number of carbonyl (C=O) groups is 1. The van der Waals surface area contributed by atoms with E-state index in [-0.39, 0.29) is 5.91 Å². The molecule has 3 aromatic heterocycles. The number of aromatic nitrogens is 2. The number of furan rings is 1. The molecule has 0 radical (unpaired) electrons. The van der Waals surface area contributed by atoms with Crippen molar-refractivity contribution >= 4 is 17.2 Å². The van der Waals surface area contributed by atoms with Gasteiger partial charge < -0.3 is 9.73 Å². The summed E-state index contributed by atoms with van der Waals surface area (Å²) in [7, 11) is 0. The van der Waals surface area contributed by atoms with Crippen molar-refractivity contribution in [2.24, 2.45) is 0 Å². The Morgan fingerprint density at radius 1 is 1.26 bits per heavy atom. The Hall–Kier alpha value is -2.47. The summed E-state index contributed by atoms with van der Waals surface area (Å²) in [4.78, 5) is 20.8. The molecule has 0 aromatic carbocycles. The van der Waals surface area contributed by atoms with Crippen LogP contribution in [0.25, 0.3) is 11.4 Å². The number of hydrogen-bond acceptors (Lipinski definition) is 5. The molecule has 3 rings (SSSR count). The molecule has 0 saturated carbocycles. The van der Waals surface area contributed by atoms with E-state index < -0.39 is 0 Å². The maximum absolute atomic E-state index is 12.0. The highest BCUT2D eigenvalue weighted by molar-refractivity contribution is 7.09. The van der Waals surface area contributed by atoms with E-state index in [1.807, 2.05) is 36.6 Å². The van der Waals surface area contributed by atoms with Crippen LogP contribution in [0, 0.1) is 0 Å². The van der Waals surface area contributed by atoms with E-state index in [9.17, 15) is 4.79 Å². The minimum Gasteiger partial charge on any atom is -0.456 e. The molecule has 1 amide bonds. The summed E-state index contributed by atoms with van der Waals surface area (Å²) in [6.07, 6.45) is 3.22. The fourth-order valence-corrected chi connectivity index (χ4v) is 2.91. The fourth-order valence-electron chi connectivity index (χ4n) is 2.12. The summed E-state index contributed by atoms with van der Waals surface area (Å²) in [6.45, 7) is 2.51. The maximum Gasteiger partial charge on any atom is 0.287 e. The van der Waals surface area contributed by atoms with Gasteiger partial charge in [0, 0.05) is 31.0 Å². The molecular weight excluding hydrogens is 310 g/mol. The normalized spacial score (nSPS) is 10.7. The number of nitrogens with one attached hydrogen (secondary N) is 1. The van der Waals surface area contributed by atoms with E-state index >= 15 is 0 Å². The molecule has 0 spiro atoms. The summed E-state index contributed by atoms with van der Waals surface area (Å²) < 4.78 is 5.43. The molecule has 0 aliphatic rings. The molecule has 0 aliphatic heterocycles. The number of amides is 1. The standard InChI is InChI=1S/C17H17N3O2S/c1-2-12-6-7-15(22-12)17(21)19-10-8-16-20-14(11-23-16)13-5-3-4-9-18-13/h3-7,9,11H,2,8,10H2,1H3,(H,19,21). The molecule has 0 aliphatic carbocycles. The molecule has 0 fully saturated rings. The zero-order valence-electron chi connectivity index (χ0n) is 12.8. The van der Waals surface area contributed by atoms with Gasteiger partial charge in [-0.3, -0.25) is 9.78 Å². The molecule has 1 N–H and O–H groups in total. The van der Waals surface area contributed by atoms with E-state index in [2.05, 4.69) is 15.3 Å². The van der Waals surface area contributed by atoms with Gasteiger partial charge in [0.2, 0.25) is 0 Å². The highest BCUT2D eigenvalue weighted by Gasteiger charge is 2.11. The zero-order valence-corrected chi connectivity index (χ0v) is 13.6. The minimum atomic E-state index is -0.189. The number of hydrogen-bond donors (Lipinski definition) is 1. The molecule has 3 aromatic rings. The van der Waals surface area contributed by atoms with Gasteiger partial charge in [0.15, 0.2) is 5.76 Å². The topological polar surface area (TPSA) is 68.0 Å². The van der Waals surface area contributed by atoms with Gasteiger partial charge in [-0.05, 0) is 24.3 Å². The number of pyridine rings is 1. The average Bonchev–Trinajstić information content (AvgIpc) is 3.25. The van der Waals surface area contributed by atoms with Crippen LogP contribution in [0.3, 0.4) is 0 Å². The van der Waals surface area contributed by atoms with Gasteiger partial charge in [-0.2, -0.15) is 0 Å². The quantitative estimate of drug-likeness (QED) is 0.754. The van der Waals surface area contributed by atoms with Crippen molar-refractivity contribution in [1.29, 1.82) is 0 Å². The fraction of sp³-hybridized carbons (Fsp3) is 0.235. The summed E-state index contributed by atoms with van der Waals surface area (Å²) >= 11 is 1.57. The first-order valence-electron chi connectivity index (χ1n) is 7.49. The van der Waals surface area contributed by atoms with E-state index in [0.29, 0.717) is 18.7 Å². The van der Waals surface area contributed by atoms with Crippen molar-refractivity contribution in [2.75, 3.05) is 6.54 Å². The van der Waals surface area contributed by atoms with Gasteiger partial charge in [0.05, 0.1) is 16.4 Å². The van der Waals surface area contributed by atoms with Crippen LogP contribution in [0.1, 0.15) is 28.2 Å². The molecule has 3 heterocycles. The van der Waals surface area contributed by atoms with Crippen LogP contribution in [0.5, 0.6) is 0 Å². The Morgan fingerprint density at radius 3 is 2.91 bits per heavy atom. The van der Waals surface area contributed by atoms with E-state index in [1.165, 1.54) is 0 Å². The molecule has 0 saturated heterocycles. The van der Waals surface area contributed by atoms with Crippen LogP contribution in [0.4, 0.5) is 0 Å². The Morgan fingerprint density at radius 2 is 2.17 bits per heavy atom. The summed E-state index contributed by atoms with van der Waals surface area (Å²) in [5.41, 5.74) is 1.73. The summed E-state index contributed by atoms with van der Waals surface area (Å²) in [6, 6.07) is 9.29. The first-order chi connectivity index (χ1) is 11.3. The number of carbonyl (C=O) groups excluding carboxylic acids is 1. The van der Waals surface area contributed by atoms with Crippen molar-refractivity contribution < 1.29 is 9.21 Å². The van der Waals surface area contributed by atoms with Crippen LogP contribution >= 0.6 is 11.3 Å². The van der Waals surface area contributed by atoms with Gasteiger partial charge in [-0.15, -0.1) is 11.3 Å². The summed E-state index contributed by atoms with van der Waals surface area (Å²) in [5, 5.41) is 5.81. The van der Waals surface area contributed by atoms with Crippen molar-refractivity contribution in [3.8, 4) is 11.4 Å². The second-order valence-corrected chi connectivity index (χ2v) is 5.91. The van der Waals surface area contributed by atoms with E-state index in [1.54, 1.807) is 23.6 Å². The van der Waals surface area contributed by atoms with Crippen molar-refractivity contribution in [3.63, 3.8) is 0 Å². The van der Waals surface area contributed by atoms with Crippen LogP contribution in [-0.4, -0.2) is 22.4 Å². The molecular formula is C17H17N3O2S. The van der Waals surface area contributed by atoms with Gasteiger partial charge in [0.25, 0.3) is 5.91 Å². The SMILES string of the molecule is CCc1ccc(C(=O)NCCc2nc(-c3ccccn3)cs2)o1. The Bertz CT molecular complexity index is 780. The van der Waals surface area contributed by atoms with E-state index in [4.69, 9.17) is 4.42 Å². The van der Waals surface area contributed by atoms with Crippen molar-refractivity contribution in [2.45, 2.75) is 19.8 Å². The van der Waals surface area contributed by atoms with Crippen LogP contribution in [-0.2, 0) is 12.8 Å². The molecule has 0 bridgehead atoms. The monoisotopic (exact) mass is 327 g/mol. The first-order valence-corrected chi connectivity index (χ1v) is 8.37. The lowest BCUT2D eigenvalue weighted by molar-refractivity contribution is 0.0925. The average molecular weight is 327 g/mol. The van der Waals surface area contributed by atoms with Gasteiger partial charge in [-0.25, -0.2) is 4.98 Å². The number of thiazole rings is 1. The van der Waals surface area contributed by atoms with Gasteiger partial charge >= 0.3 is 0 Å². The zero-order chi connectivity index (χ0) is 16.1. The second-order valence-electron chi connectivity index (χ2n) is 4.97. The predicted molar refractivity (Wildman–Crippen MR) is 89.5 cm³/mol. The van der Waals surface area contributed by atoms with E-state index in [0.717, 1.165) is 28.6 Å².